The maximum absolute atomic E-state index is 3.82. The summed E-state index contributed by atoms with van der Waals surface area (Å²) in [4.78, 5) is 1.99. The molecule has 0 aliphatic carbocycles. The third-order valence-corrected chi connectivity index (χ3v) is 6.23. The first kappa shape index (κ1) is 14.2. The van der Waals surface area contributed by atoms with E-state index in [9.17, 15) is 0 Å². The van der Waals surface area contributed by atoms with Gasteiger partial charge in [0.05, 0.1) is 0 Å². The van der Waals surface area contributed by atoms with E-state index < -0.39 is 0 Å². The molecule has 20 heavy (non-hydrogen) atoms. The van der Waals surface area contributed by atoms with Gasteiger partial charge in [-0.05, 0) is 36.5 Å². The molecule has 2 atom stereocenters. The standard InChI is InChI=1S/C18H19BrS/c19-17(14-7-2-1-3-8-14)11-6-10-16-13-15-9-4-5-12-18(15)20-16/h1-5,7-9,12,16-17H,6,10-11,13H2. The maximum Gasteiger partial charge on any atom is 0.0395 e. The first-order valence-corrected chi connectivity index (χ1v) is 9.06. The molecule has 0 amide bonds. The summed E-state index contributed by atoms with van der Waals surface area (Å²) in [6.07, 6.45) is 5.07. The summed E-state index contributed by atoms with van der Waals surface area (Å²) < 4.78 is 0. The summed E-state index contributed by atoms with van der Waals surface area (Å²) in [5.74, 6) is 0. The minimum atomic E-state index is 0.498. The first-order valence-electron chi connectivity index (χ1n) is 7.26. The van der Waals surface area contributed by atoms with E-state index in [1.54, 1.807) is 5.56 Å². The van der Waals surface area contributed by atoms with Crippen LogP contribution in [0.5, 0.6) is 0 Å². The number of thioether (sulfide) groups is 1. The lowest BCUT2D eigenvalue weighted by Crippen LogP contribution is -2.01. The van der Waals surface area contributed by atoms with Gasteiger partial charge in [0.25, 0.3) is 0 Å². The zero-order valence-corrected chi connectivity index (χ0v) is 13.9. The highest BCUT2D eigenvalue weighted by atomic mass is 79.9. The fraction of sp³-hybridized carbons (Fsp3) is 0.333. The SMILES string of the molecule is BrC(CCCC1Cc2ccccc2S1)c1ccccc1. The molecule has 0 saturated heterocycles. The summed E-state index contributed by atoms with van der Waals surface area (Å²) in [5.41, 5.74) is 2.94. The minimum Gasteiger partial charge on any atom is -0.122 e. The lowest BCUT2D eigenvalue weighted by atomic mass is 10.0. The van der Waals surface area contributed by atoms with Crippen LogP contribution in [0.1, 0.15) is 35.2 Å². The number of hydrogen-bond donors (Lipinski definition) is 0. The van der Waals surface area contributed by atoms with Gasteiger partial charge in [-0.1, -0.05) is 70.9 Å². The molecule has 0 aromatic heterocycles. The normalized spacial score (nSPS) is 18.8. The van der Waals surface area contributed by atoms with Crippen LogP contribution >= 0.6 is 27.7 Å². The van der Waals surface area contributed by atoms with Gasteiger partial charge in [-0.2, -0.15) is 0 Å². The van der Waals surface area contributed by atoms with E-state index in [0.29, 0.717) is 4.83 Å². The number of alkyl halides is 1. The van der Waals surface area contributed by atoms with Gasteiger partial charge < -0.3 is 0 Å². The van der Waals surface area contributed by atoms with Gasteiger partial charge in [0.1, 0.15) is 0 Å². The number of fused-ring (bicyclic) bond motifs is 1. The van der Waals surface area contributed by atoms with Crippen molar-refractivity contribution in [2.24, 2.45) is 0 Å². The average molecular weight is 347 g/mol. The van der Waals surface area contributed by atoms with Crippen molar-refractivity contribution in [3.8, 4) is 0 Å². The predicted molar refractivity (Wildman–Crippen MR) is 91.8 cm³/mol. The summed E-state index contributed by atoms with van der Waals surface area (Å²) in [6.45, 7) is 0. The summed E-state index contributed by atoms with van der Waals surface area (Å²) in [6, 6.07) is 19.6. The van der Waals surface area contributed by atoms with Crippen molar-refractivity contribution in [1.82, 2.24) is 0 Å². The molecule has 2 aromatic carbocycles. The highest BCUT2D eigenvalue weighted by molar-refractivity contribution is 9.09. The second kappa shape index (κ2) is 6.82. The zero-order valence-electron chi connectivity index (χ0n) is 11.5. The van der Waals surface area contributed by atoms with Gasteiger partial charge in [-0.3, -0.25) is 0 Å². The van der Waals surface area contributed by atoms with Crippen LogP contribution in [-0.2, 0) is 6.42 Å². The molecule has 0 radical (unpaired) electrons. The summed E-state index contributed by atoms with van der Waals surface area (Å²) >= 11 is 5.89. The number of hydrogen-bond acceptors (Lipinski definition) is 1. The van der Waals surface area contributed by atoms with E-state index >= 15 is 0 Å². The van der Waals surface area contributed by atoms with Gasteiger partial charge >= 0.3 is 0 Å². The molecule has 1 aliphatic rings. The molecular weight excluding hydrogens is 328 g/mol. The molecule has 0 bridgehead atoms. The molecule has 0 nitrogen and oxygen atoms in total. The lowest BCUT2D eigenvalue weighted by molar-refractivity contribution is 0.654. The van der Waals surface area contributed by atoms with Crippen LogP contribution in [0.25, 0.3) is 0 Å². The van der Waals surface area contributed by atoms with Crippen molar-refractivity contribution in [1.29, 1.82) is 0 Å². The third-order valence-electron chi connectivity index (χ3n) is 3.86. The maximum atomic E-state index is 3.82. The van der Waals surface area contributed by atoms with Gasteiger partial charge in [-0.15, -0.1) is 11.8 Å². The number of benzene rings is 2. The third kappa shape index (κ3) is 3.48. The summed E-state index contributed by atoms with van der Waals surface area (Å²) in [7, 11) is 0. The molecule has 3 rings (SSSR count). The Hall–Kier alpha value is -0.730. The van der Waals surface area contributed by atoms with Gasteiger partial charge in [0.15, 0.2) is 0 Å². The topological polar surface area (TPSA) is 0 Å². The van der Waals surface area contributed by atoms with E-state index in [0.717, 1.165) is 5.25 Å². The Kier molecular flexibility index (Phi) is 4.85. The van der Waals surface area contributed by atoms with Gasteiger partial charge in [0, 0.05) is 15.0 Å². The van der Waals surface area contributed by atoms with Crippen molar-refractivity contribution in [3.63, 3.8) is 0 Å². The van der Waals surface area contributed by atoms with Crippen LogP contribution in [0.15, 0.2) is 59.5 Å². The second-order valence-corrected chi connectivity index (χ2v) is 7.81. The van der Waals surface area contributed by atoms with E-state index in [4.69, 9.17) is 0 Å². The fourth-order valence-corrected chi connectivity index (χ4v) is 4.76. The average Bonchev–Trinajstić information content (AvgIpc) is 2.90. The van der Waals surface area contributed by atoms with E-state index in [1.807, 2.05) is 0 Å². The Labute approximate surface area is 134 Å². The Morgan fingerprint density at radius 2 is 1.80 bits per heavy atom. The van der Waals surface area contributed by atoms with Crippen LogP contribution in [-0.4, -0.2) is 5.25 Å². The molecule has 2 heteroatoms. The quantitative estimate of drug-likeness (QED) is 0.597. The Bertz CT molecular complexity index is 527. The minimum absolute atomic E-state index is 0.498. The largest absolute Gasteiger partial charge is 0.122 e. The molecule has 1 heterocycles. The molecule has 104 valence electrons. The molecule has 2 unspecified atom stereocenters. The number of halogens is 1. The monoisotopic (exact) mass is 346 g/mol. The number of rotatable bonds is 5. The van der Waals surface area contributed by atoms with Crippen LogP contribution < -0.4 is 0 Å². The molecule has 1 aliphatic heterocycles. The van der Waals surface area contributed by atoms with Gasteiger partial charge in [0.2, 0.25) is 0 Å². The second-order valence-electron chi connectivity index (χ2n) is 5.36. The van der Waals surface area contributed by atoms with Gasteiger partial charge in [-0.25, -0.2) is 0 Å². The van der Waals surface area contributed by atoms with Crippen molar-refractivity contribution in [3.05, 3.63) is 65.7 Å². The van der Waals surface area contributed by atoms with Crippen LogP contribution in [0.3, 0.4) is 0 Å². The molecule has 0 fully saturated rings. The fourth-order valence-electron chi connectivity index (χ4n) is 2.77. The molecule has 2 aromatic rings. The summed E-state index contributed by atoms with van der Waals surface area (Å²) in [5, 5.41) is 0.780. The zero-order chi connectivity index (χ0) is 13.8. The highest BCUT2D eigenvalue weighted by Crippen LogP contribution is 2.39. The van der Waals surface area contributed by atoms with Crippen LogP contribution in [0.2, 0.25) is 0 Å². The predicted octanol–water partition coefficient (Wildman–Crippen LogP) is 6.01. The van der Waals surface area contributed by atoms with Crippen molar-refractivity contribution >= 4 is 27.7 Å². The van der Waals surface area contributed by atoms with E-state index in [-0.39, 0.29) is 0 Å². The molecule has 0 spiro atoms. The van der Waals surface area contributed by atoms with Crippen molar-refractivity contribution in [2.75, 3.05) is 0 Å². The van der Waals surface area contributed by atoms with Crippen molar-refractivity contribution in [2.45, 2.75) is 40.7 Å². The molecule has 0 saturated carbocycles. The van der Waals surface area contributed by atoms with Crippen molar-refractivity contribution < 1.29 is 0 Å². The smallest absolute Gasteiger partial charge is 0.0395 e. The Balaban J connectivity index is 1.46. The first-order chi connectivity index (χ1) is 9.83. The Morgan fingerprint density at radius 1 is 1.05 bits per heavy atom. The lowest BCUT2D eigenvalue weighted by Gasteiger charge is -2.12. The van der Waals surface area contributed by atoms with E-state index in [2.05, 4.69) is 82.3 Å². The van der Waals surface area contributed by atoms with Crippen LogP contribution in [0, 0.1) is 0 Å². The van der Waals surface area contributed by atoms with Crippen LogP contribution in [0.4, 0.5) is 0 Å². The highest BCUT2D eigenvalue weighted by Gasteiger charge is 2.21. The Morgan fingerprint density at radius 3 is 2.60 bits per heavy atom. The molecular formula is C18H19BrS. The molecule has 0 N–H and O–H groups in total. The van der Waals surface area contributed by atoms with E-state index in [1.165, 1.54) is 36.1 Å².